The number of carbonyl (C=O) groups is 1. The molecule has 0 atom stereocenters. The summed E-state index contributed by atoms with van der Waals surface area (Å²) in [6.45, 7) is 1.81. The van der Waals surface area contributed by atoms with Gasteiger partial charge in [-0.1, -0.05) is 19.1 Å². The highest BCUT2D eigenvalue weighted by molar-refractivity contribution is 9.10. The number of aromatic nitrogens is 3. The van der Waals surface area contributed by atoms with E-state index in [1.807, 2.05) is 49.4 Å². The van der Waals surface area contributed by atoms with E-state index in [0.717, 1.165) is 33.8 Å². The first kappa shape index (κ1) is 19.8. The molecule has 4 aromatic rings. The zero-order valence-electron chi connectivity index (χ0n) is 16.2. The minimum absolute atomic E-state index is 0.0301. The molecule has 3 N–H and O–H groups in total. The van der Waals surface area contributed by atoms with Gasteiger partial charge >= 0.3 is 0 Å². The predicted molar refractivity (Wildman–Crippen MR) is 121 cm³/mol. The smallest absolute Gasteiger partial charge is 0.224 e. The number of carbonyl (C=O) groups excluding carboxylic acids is 1. The second-order valence-electron chi connectivity index (χ2n) is 6.71. The van der Waals surface area contributed by atoms with Crippen molar-refractivity contribution < 1.29 is 9.90 Å². The van der Waals surface area contributed by atoms with Crippen molar-refractivity contribution in [2.24, 2.45) is 0 Å². The van der Waals surface area contributed by atoms with Gasteiger partial charge in [0.15, 0.2) is 0 Å². The number of aromatic hydroxyl groups is 1. The molecular formula is C23H19BrN4O2. The summed E-state index contributed by atoms with van der Waals surface area (Å²) >= 11 is 3.42. The molecule has 1 amide bonds. The number of phenolic OH excluding ortho intramolecular Hbond substituents is 1. The molecule has 0 aliphatic rings. The van der Waals surface area contributed by atoms with Gasteiger partial charge < -0.3 is 15.4 Å². The number of aromatic amines is 1. The molecule has 0 radical (unpaired) electrons. The number of halogens is 1. The number of hydrogen-bond donors (Lipinski definition) is 3. The molecule has 2 aromatic carbocycles. The van der Waals surface area contributed by atoms with Gasteiger partial charge in [0.05, 0.1) is 11.4 Å². The normalized spacial score (nSPS) is 10.7. The van der Waals surface area contributed by atoms with Crippen LogP contribution in [0.2, 0.25) is 0 Å². The maximum Gasteiger partial charge on any atom is 0.224 e. The average molecular weight is 463 g/mol. The zero-order chi connectivity index (χ0) is 21.1. The van der Waals surface area contributed by atoms with Crippen LogP contribution in [-0.4, -0.2) is 26.0 Å². The maximum atomic E-state index is 11.6. The van der Waals surface area contributed by atoms with Gasteiger partial charge in [-0.15, -0.1) is 0 Å². The largest absolute Gasteiger partial charge is 0.508 e. The number of amides is 1. The first-order valence-electron chi connectivity index (χ1n) is 9.45. The van der Waals surface area contributed by atoms with Gasteiger partial charge in [-0.2, -0.15) is 0 Å². The average Bonchev–Trinajstić information content (AvgIpc) is 3.20. The fourth-order valence-corrected chi connectivity index (χ4v) is 3.46. The van der Waals surface area contributed by atoms with Gasteiger partial charge in [0.25, 0.3) is 0 Å². The van der Waals surface area contributed by atoms with Crippen LogP contribution in [0.5, 0.6) is 5.75 Å². The Morgan fingerprint density at radius 1 is 1.07 bits per heavy atom. The molecule has 0 aliphatic heterocycles. The van der Waals surface area contributed by atoms with E-state index in [2.05, 4.69) is 31.2 Å². The van der Waals surface area contributed by atoms with Crippen molar-refractivity contribution in [3.63, 3.8) is 0 Å². The molecule has 2 aromatic heterocycles. The standard InChI is InChI=1S/C23H19BrN4O2/c1-2-20(30)26-17-8-6-14(7-9-17)23-27-21(15-4-3-5-18(29)12-15)22(28-23)16-10-11-25-19(24)13-16/h3-13,29H,2H2,1H3,(H,26,30)(H,27,28). The van der Waals surface area contributed by atoms with Crippen LogP contribution in [0.25, 0.3) is 33.9 Å². The molecule has 150 valence electrons. The van der Waals surface area contributed by atoms with Crippen LogP contribution < -0.4 is 5.32 Å². The third-order valence-electron chi connectivity index (χ3n) is 4.60. The fourth-order valence-electron chi connectivity index (χ4n) is 3.10. The number of H-pyrrole nitrogens is 1. The van der Waals surface area contributed by atoms with E-state index >= 15 is 0 Å². The molecule has 7 heteroatoms. The van der Waals surface area contributed by atoms with E-state index in [1.165, 1.54) is 0 Å². The van der Waals surface area contributed by atoms with Crippen LogP contribution in [0.15, 0.2) is 71.5 Å². The van der Waals surface area contributed by atoms with Crippen molar-refractivity contribution >= 4 is 27.5 Å². The van der Waals surface area contributed by atoms with Gasteiger partial charge in [0, 0.05) is 35.0 Å². The molecule has 2 heterocycles. The van der Waals surface area contributed by atoms with Crippen molar-refractivity contribution in [1.29, 1.82) is 0 Å². The molecule has 0 spiro atoms. The Kier molecular flexibility index (Phi) is 5.63. The highest BCUT2D eigenvalue weighted by Gasteiger charge is 2.16. The summed E-state index contributed by atoms with van der Waals surface area (Å²) in [7, 11) is 0. The number of pyridine rings is 1. The van der Waals surface area contributed by atoms with Gasteiger partial charge in [0.2, 0.25) is 5.91 Å². The number of anilines is 1. The number of imidazole rings is 1. The molecule has 0 unspecified atom stereocenters. The number of nitrogens with one attached hydrogen (secondary N) is 2. The highest BCUT2D eigenvalue weighted by Crippen LogP contribution is 2.35. The summed E-state index contributed by atoms with van der Waals surface area (Å²) < 4.78 is 0.717. The van der Waals surface area contributed by atoms with Crippen LogP contribution in [0, 0.1) is 0 Å². The van der Waals surface area contributed by atoms with E-state index in [1.54, 1.807) is 24.4 Å². The first-order valence-corrected chi connectivity index (χ1v) is 10.2. The number of phenols is 1. The third-order valence-corrected chi connectivity index (χ3v) is 5.04. The van der Waals surface area contributed by atoms with Crippen molar-refractivity contribution in [2.45, 2.75) is 13.3 Å². The van der Waals surface area contributed by atoms with E-state index in [0.29, 0.717) is 16.8 Å². The molecule has 30 heavy (non-hydrogen) atoms. The van der Waals surface area contributed by atoms with E-state index in [9.17, 15) is 9.90 Å². The Morgan fingerprint density at radius 3 is 2.57 bits per heavy atom. The minimum Gasteiger partial charge on any atom is -0.508 e. The van der Waals surface area contributed by atoms with Crippen LogP contribution in [0.3, 0.4) is 0 Å². The van der Waals surface area contributed by atoms with Crippen LogP contribution in [0.4, 0.5) is 5.69 Å². The highest BCUT2D eigenvalue weighted by atomic mass is 79.9. The molecule has 0 saturated carbocycles. The quantitative estimate of drug-likeness (QED) is 0.335. The van der Waals surface area contributed by atoms with Gasteiger partial charge in [0.1, 0.15) is 16.2 Å². The van der Waals surface area contributed by atoms with Gasteiger partial charge in [-0.05, 0) is 64.5 Å². The Morgan fingerprint density at radius 2 is 1.87 bits per heavy atom. The SMILES string of the molecule is CCC(=O)Nc1ccc(-c2nc(-c3cccc(O)c3)c(-c3ccnc(Br)c3)[nH]2)cc1. The molecule has 0 aliphatic carbocycles. The summed E-state index contributed by atoms with van der Waals surface area (Å²) in [5.74, 6) is 0.831. The Hall–Kier alpha value is -3.45. The van der Waals surface area contributed by atoms with Crippen molar-refractivity contribution in [3.8, 4) is 39.7 Å². The van der Waals surface area contributed by atoms with E-state index in [-0.39, 0.29) is 11.7 Å². The molecular weight excluding hydrogens is 444 g/mol. The van der Waals surface area contributed by atoms with Gasteiger partial charge in [-0.3, -0.25) is 4.79 Å². The second-order valence-corrected chi connectivity index (χ2v) is 7.52. The topological polar surface area (TPSA) is 90.9 Å². The number of nitrogens with zero attached hydrogens (tertiary/aromatic N) is 2. The minimum atomic E-state index is -0.0301. The first-order chi connectivity index (χ1) is 14.5. The Bertz CT molecular complexity index is 1140. The Balaban J connectivity index is 1.78. The van der Waals surface area contributed by atoms with Crippen LogP contribution in [0.1, 0.15) is 13.3 Å². The number of hydrogen-bond acceptors (Lipinski definition) is 4. The fraction of sp³-hybridized carbons (Fsp3) is 0.0870. The third kappa shape index (κ3) is 4.26. The molecule has 0 saturated heterocycles. The molecule has 4 rings (SSSR count). The van der Waals surface area contributed by atoms with Crippen LogP contribution in [-0.2, 0) is 4.79 Å². The zero-order valence-corrected chi connectivity index (χ0v) is 17.8. The summed E-state index contributed by atoms with van der Waals surface area (Å²) in [5, 5.41) is 12.8. The molecule has 0 bridgehead atoms. The summed E-state index contributed by atoms with van der Waals surface area (Å²) in [5.41, 5.74) is 4.88. The predicted octanol–water partition coefficient (Wildman–Crippen LogP) is 5.62. The summed E-state index contributed by atoms with van der Waals surface area (Å²) in [4.78, 5) is 24.0. The lowest BCUT2D eigenvalue weighted by molar-refractivity contribution is -0.115. The molecule has 0 fully saturated rings. The van der Waals surface area contributed by atoms with E-state index in [4.69, 9.17) is 4.98 Å². The number of rotatable bonds is 5. The number of benzene rings is 2. The van der Waals surface area contributed by atoms with Crippen LogP contribution >= 0.6 is 15.9 Å². The van der Waals surface area contributed by atoms with Crippen molar-refractivity contribution in [1.82, 2.24) is 15.0 Å². The lowest BCUT2D eigenvalue weighted by Crippen LogP contribution is -2.09. The lowest BCUT2D eigenvalue weighted by Gasteiger charge is -2.04. The lowest BCUT2D eigenvalue weighted by atomic mass is 10.1. The van der Waals surface area contributed by atoms with Crippen molar-refractivity contribution in [3.05, 3.63) is 71.5 Å². The molecule has 6 nitrogen and oxygen atoms in total. The summed E-state index contributed by atoms with van der Waals surface area (Å²) in [6.07, 6.45) is 2.15. The second kappa shape index (κ2) is 8.51. The van der Waals surface area contributed by atoms with Gasteiger partial charge in [-0.25, -0.2) is 9.97 Å². The summed E-state index contributed by atoms with van der Waals surface area (Å²) in [6, 6.07) is 18.3. The van der Waals surface area contributed by atoms with Crippen molar-refractivity contribution in [2.75, 3.05) is 5.32 Å². The monoisotopic (exact) mass is 462 g/mol. The van der Waals surface area contributed by atoms with E-state index < -0.39 is 0 Å². The Labute approximate surface area is 182 Å². The maximum absolute atomic E-state index is 11.6.